The van der Waals surface area contributed by atoms with Gasteiger partial charge in [0.15, 0.2) is 6.29 Å². The van der Waals surface area contributed by atoms with Crippen molar-refractivity contribution in [2.75, 3.05) is 6.61 Å². The number of hydrogen-bond acceptors (Lipinski definition) is 2. The van der Waals surface area contributed by atoms with Gasteiger partial charge in [-0.2, -0.15) is 0 Å². The van der Waals surface area contributed by atoms with E-state index in [2.05, 4.69) is 0 Å². The molecule has 0 spiro atoms. The molecule has 0 aliphatic rings. The van der Waals surface area contributed by atoms with Crippen LogP contribution in [0.2, 0.25) is 5.02 Å². The zero-order chi connectivity index (χ0) is 12.1. The lowest BCUT2D eigenvalue weighted by Gasteiger charge is -2.09. The summed E-state index contributed by atoms with van der Waals surface area (Å²) < 4.78 is 7.38. The highest BCUT2D eigenvalue weighted by Crippen LogP contribution is 2.22. The molecule has 0 aliphatic heterocycles. The molecule has 0 saturated heterocycles. The molecular formula is C13H12ClNO2. The minimum atomic E-state index is 0.471. The van der Waals surface area contributed by atoms with Gasteiger partial charge in [0, 0.05) is 6.20 Å². The molecule has 0 atom stereocenters. The first-order valence-corrected chi connectivity index (χ1v) is 5.66. The number of hydrogen-bond donors (Lipinski definition) is 0. The van der Waals surface area contributed by atoms with Crippen LogP contribution in [-0.4, -0.2) is 17.5 Å². The number of para-hydroxylation sites is 1. The van der Waals surface area contributed by atoms with E-state index in [1.807, 2.05) is 35.0 Å². The Hall–Kier alpha value is -1.74. The Balaban J connectivity index is 1.92. The fourth-order valence-electron chi connectivity index (χ4n) is 1.55. The third kappa shape index (κ3) is 2.88. The lowest BCUT2D eigenvalue weighted by Crippen LogP contribution is -2.09. The Kier molecular flexibility index (Phi) is 3.83. The number of carbonyl (C=O) groups excluding carboxylic acids is 1. The van der Waals surface area contributed by atoms with Crippen LogP contribution in [0.3, 0.4) is 0 Å². The molecule has 0 unspecified atom stereocenters. The van der Waals surface area contributed by atoms with Crippen molar-refractivity contribution in [2.24, 2.45) is 0 Å². The number of benzene rings is 1. The topological polar surface area (TPSA) is 31.2 Å². The Labute approximate surface area is 105 Å². The van der Waals surface area contributed by atoms with Crippen LogP contribution in [0.1, 0.15) is 10.5 Å². The van der Waals surface area contributed by atoms with E-state index in [9.17, 15) is 4.79 Å². The highest BCUT2D eigenvalue weighted by atomic mass is 35.5. The predicted molar refractivity (Wildman–Crippen MR) is 66.8 cm³/mol. The van der Waals surface area contributed by atoms with Crippen molar-refractivity contribution in [1.29, 1.82) is 0 Å². The average Bonchev–Trinajstić information content (AvgIpc) is 2.79. The van der Waals surface area contributed by atoms with E-state index >= 15 is 0 Å². The van der Waals surface area contributed by atoms with Crippen LogP contribution in [-0.2, 0) is 6.54 Å². The molecule has 17 heavy (non-hydrogen) atoms. The summed E-state index contributed by atoms with van der Waals surface area (Å²) in [5.41, 5.74) is 0.646. The lowest BCUT2D eigenvalue weighted by molar-refractivity contribution is 0.111. The maximum Gasteiger partial charge on any atom is 0.166 e. The fraction of sp³-hybridized carbons (Fsp3) is 0.154. The monoisotopic (exact) mass is 249 g/mol. The molecule has 88 valence electrons. The first kappa shape index (κ1) is 11.7. The molecular weight excluding hydrogens is 238 g/mol. The molecule has 1 aromatic carbocycles. The fourth-order valence-corrected chi connectivity index (χ4v) is 1.74. The van der Waals surface area contributed by atoms with Crippen LogP contribution in [0.5, 0.6) is 5.75 Å². The van der Waals surface area contributed by atoms with Crippen LogP contribution in [0.25, 0.3) is 0 Å². The molecule has 0 radical (unpaired) electrons. The van der Waals surface area contributed by atoms with Gasteiger partial charge in [-0.05, 0) is 24.3 Å². The molecule has 1 heterocycles. The maximum atomic E-state index is 10.7. The van der Waals surface area contributed by atoms with E-state index < -0.39 is 0 Å². The molecule has 0 aliphatic carbocycles. The van der Waals surface area contributed by atoms with Gasteiger partial charge >= 0.3 is 0 Å². The van der Waals surface area contributed by atoms with Gasteiger partial charge in [-0.1, -0.05) is 23.7 Å². The van der Waals surface area contributed by atoms with Gasteiger partial charge in [-0.15, -0.1) is 0 Å². The number of carbonyl (C=O) groups is 1. The number of rotatable bonds is 5. The molecule has 0 saturated carbocycles. The second-order valence-electron chi connectivity index (χ2n) is 3.52. The van der Waals surface area contributed by atoms with Gasteiger partial charge in [0.2, 0.25) is 0 Å². The second kappa shape index (κ2) is 5.55. The van der Waals surface area contributed by atoms with Crippen molar-refractivity contribution in [3.05, 3.63) is 53.3 Å². The van der Waals surface area contributed by atoms with Crippen LogP contribution >= 0.6 is 11.6 Å². The van der Waals surface area contributed by atoms with Crippen molar-refractivity contribution in [2.45, 2.75) is 6.54 Å². The molecule has 4 heteroatoms. The van der Waals surface area contributed by atoms with Crippen LogP contribution in [0, 0.1) is 0 Å². The highest BCUT2D eigenvalue weighted by molar-refractivity contribution is 6.32. The summed E-state index contributed by atoms with van der Waals surface area (Å²) in [7, 11) is 0. The molecule has 0 bridgehead atoms. The number of aldehydes is 1. The van der Waals surface area contributed by atoms with Crippen LogP contribution < -0.4 is 4.74 Å². The van der Waals surface area contributed by atoms with Gasteiger partial charge in [0.1, 0.15) is 12.4 Å². The Morgan fingerprint density at radius 3 is 2.82 bits per heavy atom. The van der Waals surface area contributed by atoms with Crippen molar-refractivity contribution >= 4 is 17.9 Å². The van der Waals surface area contributed by atoms with E-state index in [-0.39, 0.29) is 0 Å². The summed E-state index contributed by atoms with van der Waals surface area (Å²) in [6, 6.07) is 10.9. The molecule has 0 N–H and O–H groups in total. The summed E-state index contributed by atoms with van der Waals surface area (Å²) >= 11 is 5.96. The van der Waals surface area contributed by atoms with Crippen molar-refractivity contribution in [3.8, 4) is 5.75 Å². The molecule has 2 aromatic rings. The normalized spacial score (nSPS) is 10.2. The average molecular weight is 250 g/mol. The quantitative estimate of drug-likeness (QED) is 0.763. The van der Waals surface area contributed by atoms with Crippen molar-refractivity contribution in [3.63, 3.8) is 0 Å². The first-order valence-electron chi connectivity index (χ1n) is 5.29. The standard InChI is InChI=1S/C13H12ClNO2/c14-12-5-1-2-6-13(12)17-9-8-15-7-3-4-11(15)10-16/h1-7,10H,8-9H2. The van der Waals surface area contributed by atoms with Gasteiger partial charge in [0.25, 0.3) is 0 Å². The molecule has 0 fully saturated rings. The summed E-state index contributed by atoms with van der Waals surface area (Å²) in [6.45, 7) is 1.09. The zero-order valence-electron chi connectivity index (χ0n) is 9.17. The van der Waals surface area contributed by atoms with Crippen molar-refractivity contribution in [1.82, 2.24) is 4.57 Å². The second-order valence-corrected chi connectivity index (χ2v) is 3.93. The van der Waals surface area contributed by atoms with E-state index in [4.69, 9.17) is 16.3 Å². The molecule has 2 rings (SSSR count). The summed E-state index contributed by atoms with van der Waals surface area (Å²) in [4.78, 5) is 10.7. The Morgan fingerprint density at radius 2 is 2.06 bits per heavy atom. The SMILES string of the molecule is O=Cc1cccn1CCOc1ccccc1Cl. The summed E-state index contributed by atoms with van der Waals surface area (Å²) in [5, 5.41) is 0.593. The van der Waals surface area contributed by atoms with Gasteiger partial charge in [0.05, 0.1) is 17.3 Å². The predicted octanol–water partition coefficient (Wildman–Crippen LogP) is 3.03. The number of ether oxygens (including phenoxy) is 1. The summed E-state index contributed by atoms with van der Waals surface area (Å²) in [6.07, 6.45) is 2.68. The van der Waals surface area contributed by atoms with E-state index in [1.54, 1.807) is 12.1 Å². The van der Waals surface area contributed by atoms with Crippen molar-refractivity contribution < 1.29 is 9.53 Å². The van der Waals surface area contributed by atoms with E-state index in [0.717, 1.165) is 6.29 Å². The third-order valence-corrected chi connectivity index (χ3v) is 2.72. The third-order valence-electron chi connectivity index (χ3n) is 2.41. The minimum absolute atomic E-state index is 0.471. The number of halogens is 1. The molecule has 0 amide bonds. The Bertz CT molecular complexity index is 508. The zero-order valence-corrected chi connectivity index (χ0v) is 9.93. The summed E-state index contributed by atoms with van der Waals surface area (Å²) in [5.74, 6) is 0.661. The van der Waals surface area contributed by atoms with E-state index in [0.29, 0.717) is 29.6 Å². The maximum absolute atomic E-state index is 10.7. The van der Waals surface area contributed by atoms with Gasteiger partial charge in [-0.25, -0.2) is 0 Å². The van der Waals surface area contributed by atoms with Gasteiger partial charge < -0.3 is 9.30 Å². The van der Waals surface area contributed by atoms with E-state index in [1.165, 1.54) is 0 Å². The number of aromatic nitrogens is 1. The molecule has 1 aromatic heterocycles. The smallest absolute Gasteiger partial charge is 0.166 e. The van der Waals surface area contributed by atoms with Crippen LogP contribution in [0.4, 0.5) is 0 Å². The van der Waals surface area contributed by atoms with Gasteiger partial charge in [-0.3, -0.25) is 4.79 Å². The number of nitrogens with zero attached hydrogens (tertiary/aromatic N) is 1. The Morgan fingerprint density at radius 1 is 1.24 bits per heavy atom. The van der Waals surface area contributed by atoms with Crippen LogP contribution in [0.15, 0.2) is 42.6 Å². The lowest BCUT2D eigenvalue weighted by atomic mass is 10.3. The minimum Gasteiger partial charge on any atom is -0.490 e. The molecule has 3 nitrogen and oxygen atoms in total. The highest BCUT2D eigenvalue weighted by Gasteiger charge is 2.01. The first-order chi connectivity index (χ1) is 8.31. The largest absolute Gasteiger partial charge is 0.490 e.